The first-order valence-corrected chi connectivity index (χ1v) is 7.46. The Morgan fingerprint density at radius 3 is 2.67 bits per heavy atom. The van der Waals surface area contributed by atoms with E-state index in [0.29, 0.717) is 12.5 Å². The SMILES string of the molecule is CC(C)COCCCNCC(/C(N)=N/O)c1ccccc1. The number of nitrogens with two attached hydrogens (primary N) is 1. The average molecular weight is 293 g/mol. The van der Waals surface area contributed by atoms with E-state index in [1.54, 1.807) is 0 Å². The van der Waals surface area contributed by atoms with Crippen molar-refractivity contribution >= 4 is 5.84 Å². The lowest BCUT2D eigenvalue weighted by Gasteiger charge is -2.16. The van der Waals surface area contributed by atoms with Gasteiger partial charge in [-0.3, -0.25) is 0 Å². The van der Waals surface area contributed by atoms with Crippen molar-refractivity contribution in [2.24, 2.45) is 16.8 Å². The summed E-state index contributed by atoms with van der Waals surface area (Å²) in [7, 11) is 0. The molecule has 0 aromatic heterocycles. The molecule has 0 saturated heterocycles. The Labute approximate surface area is 127 Å². The van der Waals surface area contributed by atoms with Crippen LogP contribution in [0.25, 0.3) is 0 Å². The fourth-order valence-electron chi connectivity index (χ4n) is 2.01. The van der Waals surface area contributed by atoms with Crippen molar-refractivity contribution in [3.63, 3.8) is 0 Å². The summed E-state index contributed by atoms with van der Waals surface area (Å²) in [6.07, 6.45) is 0.949. The van der Waals surface area contributed by atoms with E-state index in [0.717, 1.165) is 31.7 Å². The molecular formula is C16H27N3O2. The summed E-state index contributed by atoms with van der Waals surface area (Å²) in [6.45, 7) is 7.32. The number of nitrogens with one attached hydrogen (secondary N) is 1. The minimum atomic E-state index is -0.118. The van der Waals surface area contributed by atoms with Gasteiger partial charge in [-0.15, -0.1) is 0 Å². The molecule has 0 spiro atoms. The summed E-state index contributed by atoms with van der Waals surface area (Å²) in [5.41, 5.74) is 6.82. The highest BCUT2D eigenvalue weighted by molar-refractivity contribution is 5.87. The second kappa shape index (κ2) is 10.2. The van der Waals surface area contributed by atoms with Crippen molar-refractivity contribution in [1.82, 2.24) is 5.32 Å². The first-order valence-electron chi connectivity index (χ1n) is 7.46. The van der Waals surface area contributed by atoms with Gasteiger partial charge in [0.15, 0.2) is 0 Å². The highest BCUT2D eigenvalue weighted by Crippen LogP contribution is 2.14. The first kappa shape index (κ1) is 17.5. The smallest absolute Gasteiger partial charge is 0.147 e. The zero-order valence-electron chi connectivity index (χ0n) is 13.0. The molecule has 1 aromatic carbocycles. The van der Waals surface area contributed by atoms with Gasteiger partial charge in [-0.1, -0.05) is 49.3 Å². The van der Waals surface area contributed by atoms with Crippen molar-refractivity contribution in [2.45, 2.75) is 26.2 Å². The van der Waals surface area contributed by atoms with Crippen LogP contribution in [0.15, 0.2) is 35.5 Å². The number of nitrogens with zero attached hydrogens (tertiary/aromatic N) is 1. The molecule has 1 aromatic rings. The van der Waals surface area contributed by atoms with E-state index < -0.39 is 0 Å². The molecule has 0 heterocycles. The van der Waals surface area contributed by atoms with Gasteiger partial charge in [0.1, 0.15) is 5.84 Å². The zero-order valence-corrected chi connectivity index (χ0v) is 13.0. The molecule has 5 heteroatoms. The summed E-state index contributed by atoms with van der Waals surface area (Å²) in [6, 6.07) is 9.82. The normalized spacial score (nSPS) is 13.6. The number of hydrogen-bond acceptors (Lipinski definition) is 4. The lowest BCUT2D eigenvalue weighted by Crippen LogP contribution is -2.32. The predicted molar refractivity (Wildman–Crippen MR) is 85.7 cm³/mol. The van der Waals surface area contributed by atoms with Crippen molar-refractivity contribution < 1.29 is 9.94 Å². The molecule has 1 atom stereocenters. The summed E-state index contributed by atoms with van der Waals surface area (Å²) in [4.78, 5) is 0. The maximum atomic E-state index is 8.91. The quantitative estimate of drug-likeness (QED) is 0.203. The molecule has 0 amide bonds. The molecule has 0 fully saturated rings. The monoisotopic (exact) mass is 293 g/mol. The second-order valence-electron chi connectivity index (χ2n) is 5.51. The third kappa shape index (κ3) is 7.11. The molecule has 0 aliphatic rings. The van der Waals surface area contributed by atoms with E-state index in [1.807, 2.05) is 30.3 Å². The summed E-state index contributed by atoms with van der Waals surface area (Å²) in [5.74, 6) is 0.679. The number of hydrogen-bond donors (Lipinski definition) is 3. The van der Waals surface area contributed by atoms with Crippen LogP contribution in [0.5, 0.6) is 0 Å². The van der Waals surface area contributed by atoms with Gasteiger partial charge >= 0.3 is 0 Å². The van der Waals surface area contributed by atoms with E-state index >= 15 is 0 Å². The van der Waals surface area contributed by atoms with Crippen LogP contribution in [0.2, 0.25) is 0 Å². The standard InChI is InChI=1S/C16H27N3O2/c1-13(2)12-21-10-6-9-18-11-15(16(17)19-20)14-7-4-3-5-8-14/h3-5,7-8,13,15,18,20H,6,9-12H2,1-2H3,(H2,17,19). The highest BCUT2D eigenvalue weighted by Gasteiger charge is 2.15. The molecule has 0 aliphatic heterocycles. The molecule has 5 nitrogen and oxygen atoms in total. The van der Waals surface area contributed by atoms with E-state index in [-0.39, 0.29) is 11.8 Å². The van der Waals surface area contributed by atoms with Crippen LogP contribution in [0.3, 0.4) is 0 Å². The number of amidine groups is 1. The maximum Gasteiger partial charge on any atom is 0.147 e. The lowest BCUT2D eigenvalue weighted by molar-refractivity contribution is 0.108. The fraction of sp³-hybridized carbons (Fsp3) is 0.562. The fourth-order valence-corrected chi connectivity index (χ4v) is 2.01. The van der Waals surface area contributed by atoms with Crippen LogP contribution in [-0.4, -0.2) is 37.3 Å². The van der Waals surface area contributed by atoms with E-state index in [2.05, 4.69) is 24.3 Å². The maximum absolute atomic E-state index is 8.91. The molecule has 0 saturated carbocycles. The lowest BCUT2D eigenvalue weighted by atomic mass is 9.98. The molecule has 4 N–H and O–H groups in total. The third-order valence-corrected chi connectivity index (χ3v) is 3.12. The van der Waals surface area contributed by atoms with Crippen LogP contribution in [0.4, 0.5) is 0 Å². The van der Waals surface area contributed by atoms with Crippen LogP contribution in [-0.2, 0) is 4.74 Å². The molecule has 21 heavy (non-hydrogen) atoms. The van der Waals surface area contributed by atoms with Crippen LogP contribution in [0, 0.1) is 5.92 Å². The molecule has 0 radical (unpaired) electrons. The Balaban J connectivity index is 2.32. The van der Waals surface area contributed by atoms with Gasteiger partial charge in [0.05, 0.1) is 5.92 Å². The van der Waals surface area contributed by atoms with Gasteiger partial charge in [-0.25, -0.2) is 0 Å². The second-order valence-corrected chi connectivity index (χ2v) is 5.51. The Hall–Kier alpha value is -1.59. The van der Waals surface area contributed by atoms with Gasteiger partial charge in [0.2, 0.25) is 0 Å². The highest BCUT2D eigenvalue weighted by atomic mass is 16.5. The van der Waals surface area contributed by atoms with Crippen LogP contribution < -0.4 is 11.1 Å². The molecule has 1 rings (SSSR count). The van der Waals surface area contributed by atoms with Gasteiger partial charge in [0.25, 0.3) is 0 Å². The van der Waals surface area contributed by atoms with Gasteiger partial charge in [-0.2, -0.15) is 0 Å². The molecule has 1 unspecified atom stereocenters. The predicted octanol–water partition coefficient (Wildman–Crippen LogP) is 2.17. The van der Waals surface area contributed by atoms with E-state index in [1.165, 1.54) is 0 Å². The van der Waals surface area contributed by atoms with Gasteiger partial charge in [0, 0.05) is 19.8 Å². The van der Waals surface area contributed by atoms with Crippen molar-refractivity contribution in [3.05, 3.63) is 35.9 Å². The number of oxime groups is 1. The average Bonchev–Trinajstić information content (AvgIpc) is 2.50. The number of benzene rings is 1. The van der Waals surface area contributed by atoms with Crippen molar-refractivity contribution in [3.8, 4) is 0 Å². The zero-order chi connectivity index (χ0) is 15.5. The molecule has 118 valence electrons. The summed E-state index contributed by atoms with van der Waals surface area (Å²) < 4.78 is 5.53. The number of rotatable bonds is 10. The Kier molecular flexibility index (Phi) is 8.47. The Morgan fingerprint density at radius 1 is 1.33 bits per heavy atom. The van der Waals surface area contributed by atoms with Crippen LogP contribution >= 0.6 is 0 Å². The van der Waals surface area contributed by atoms with Gasteiger partial charge in [-0.05, 0) is 24.4 Å². The van der Waals surface area contributed by atoms with Crippen LogP contribution in [0.1, 0.15) is 31.7 Å². The Morgan fingerprint density at radius 2 is 2.05 bits per heavy atom. The van der Waals surface area contributed by atoms with E-state index in [4.69, 9.17) is 15.7 Å². The summed E-state index contributed by atoms with van der Waals surface area (Å²) >= 11 is 0. The number of ether oxygens (including phenoxy) is 1. The molecule has 0 bridgehead atoms. The first-order chi connectivity index (χ1) is 10.1. The van der Waals surface area contributed by atoms with Crippen molar-refractivity contribution in [1.29, 1.82) is 0 Å². The van der Waals surface area contributed by atoms with Crippen molar-refractivity contribution in [2.75, 3.05) is 26.3 Å². The summed E-state index contributed by atoms with van der Waals surface area (Å²) in [5, 5.41) is 15.4. The Bertz CT molecular complexity index is 407. The minimum Gasteiger partial charge on any atom is -0.409 e. The van der Waals surface area contributed by atoms with E-state index in [9.17, 15) is 0 Å². The minimum absolute atomic E-state index is 0.118. The molecular weight excluding hydrogens is 266 g/mol. The molecule has 0 aliphatic carbocycles. The van der Waals surface area contributed by atoms with Gasteiger partial charge < -0.3 is 21.0 Å². The largest absolute Gasteiger partial charge is 0.409 e. The third-order valence-electron chi connectivity index (χ3n) is 3.12. The topological polar surface area (TPSA) is 79.9 Å².